The third-order valence-electron chi connectivity index (χ3n) is 4.60. The SMILES string of the molecule is CCCNC(C)(CCCCOCC1CCCCC1)C(N)=O. The first-order valence-electron chi connectivity index (χ1n) is 8.71. The predicted octanol–water partition coefficient (Wildman–Crippen LogP) is 3.00. The van der Waals surface area contributed by atoms with Crippen molar-refractivity contribution in [3.63, 3.8) is 0 Å². The van der Waals surface area contributed by atoms with Crippen LogP contribution in [0.3, 0.4) is 0 Å². The van der Waals surface area contributed by atoms with Gasteiger partial charge in [0.2, 0.25) is 5.91 Å². The molecule has 0 saturated heterocycles. The molecule has 124 valence electrons. The molecule has 1 fully saturated rings. The van der Waals surface area contributed by atoms with Crippen molar-refractivity contribution in [2.24, 2.45) is 11.7 Å². The molecule has 1 atom stereocenters. The second-order valence-corrected chi connectivity index (χ2v) is 6.66. The van der Waals surface area contributed by atoms with Crippen LogP contribution >= 0.6 is 0 Å². The molecule has 4 heteroatoms. The lowest BCUT2D eigenvalue weighted by Gasteiger charge is -2.27. The van der Waals surface area contributed by atoms with Crippen LogP contribution in [0.1, 0.15) is 71.6 Å². The smallest absolute Gasteiger partial charge is 0.237 e. The van der Waals surface area contributed by atoms with E-state index in [-0.39, 0.29) is 5.91 Å². The van der Waals surface area contributed by atoms with Crippen LogP contribution in [0.25, 0.3) is 0 Å². The molecule has 0 aromatic rings. The number of amides is 1. The zero-order valence-electron chi connectivity index (χ0n) is 14.0. The molecule has 0 radical (unpaired) electrons. The first-order valence-corrected chi connectivity index (χ1v) is 8.71. The number of unbranched alkanes of at least 4 members (excludes halogenated alkanes) is 1. The van der Waals surface area contributed by atoms with E-state index in [4.69, 9.17) is 10.5 Å². The van der Waals surface area contributed by atoms with Crippen molar-refractivity contribution < 1.29 is 9.53 Å². The van der Waals surface area contributed by atoms with E-state index in [0.717, 1.165) is 51.4 Å². The molecular weight excluding hydrogens is 264 g/mol. The Morgan fingerprint density at radius 3 is 2.62 bits per heavy atom. The molecule has 1 amide bonds. The molecular formula is C17H34N2O2. The van der Waals surface area contributed by atoms with Gasteiger partial charge in [-0.2, -0.15) is 0 Å². The molecule has 1 rings (SSSR count). The Morgan fingerprint density at radius 2 is 2.00 bits per heavy atom. The molecule has 0 aromatic heterocycles. The monoisotopic (exact) mass is 298 g/mol. The zero-order valence-corrected chi connectivity index (χ0v) is 14.0. The molecule has 1 aliphatic rings. The standard InChI is InChI=1S/C17H34N2O2/c1-3-12-19-17(2,16(18)20)11-7-8-13-21-14-15-9-5-4-6-10-15/h15,19H,3-14H2,1-2H3,(H2,18,20). The van der Waals surface area contributed by atoms with Crippen molar-refractivity contribution >= 4 is 5.91 Å². The molecule has 4 nitrogen and oxygen atoms in total. The van der Waals surface area contributed by atoms with Crippen molar-refractivity contribution in [3.05, 3.63) is 0 Å². The summed E-state index contributed by atoms with van der Waals surface area (Å²) in [5.41, 5.74) is 4.95. The quantitative estimate of drug-likeness (QED) is 0.576. The third-order valence-corrected chi connectivity index (χ3v) is 4.60. The molecule has 0 heterocycles. The Morgan fingerprint density at radius 1 is 1.29 bits per heavy atom. The predicted molar refractivity (Wildman–Crippen MR) is 87.1 cm³/mol. The number of ether oxygens (including phenoxy) is 1. The lowest BCUT2D eigenvalue weighted by molar-refractivity contribution is -0.124. The lowest BCUT2D eigenvalue weighted by Crippen LogP contribution is -2.53. The second kappa shape index (κ2) is 10.2. The summed E-state index contributed by atoms with van der Waals surface area (Å²) in [6.07, 6.45) is 10.6. The summed E-state index contributed by atoms with van der Waals surface area (Å²) in [5, 5.41) is 3.27. The fourth-order valence-corrected chi connectivity index (χ4v) is 2.99. The Balaban J connectivity index is 2.09. The highest BCUT2D eigenvalue weighted by Crippen LogP contribution is 2.23. The van der Waals surface area contributed by atoms with Crippen LogP contribution in [0.4, 0.5) is 0 Å². The number of nitrogens with one attached hydrogen (secondary N) is 1. The van der Waals surface area contributed by atoms with Gasteiger partial charge in [0.25, 0.3) is 0 Å². The summed E-state index contributed by atoms with van der Waals surface area (Å²) in [6, 6.07) is 0. The van der Waals surface area contributed by atoms with E-state index >= 15 is 0 Å². The molecule has 0 bridgehead atoms. The van der Waals surface area contributed by atoms with Gasteiger partial charge in [-0.3, -0.25) is 4.79 Å². The van der Waals surface area contributed by atoms with Crippen LogP contribution in [0.15, 0.2) is 0 Å². The van der Waals surface area contributed by atoms with Crippen molar-refractivity contribution in [3.8, 4) is 0 Å². The maximum atomic E-state index is 11.6. The van der Waals surface area contributed by atoms with Gasteiger partial charge in [-0.1, -0.05) is 26.2 Å². The van der Waals surface area contributed by atoms with Gasteiger partial charge in [0, 0.05) is 13.2 Å². The van der Waals surface area contributed by atoms with E-state index in [1.165, 1.54) is 32.1 Å². The van der Waals surface area contributed by atoms with E-state index in [1.807, 2.05) is 6.92 Å². The molecule has 3 N–H and O–H groups in total. The molecule has 21 heavy (non-hydrogen) atoms. The largest absolute Gasteiger partial charge is 0.381 e. The second-order valence-electron chi connectivity index (χ2n) is 6.66. The minimum Gasteiger partial charge on any atom is -0.381 e. The molecule has 0 aromatic carbocycles. The van der Waals surface area contributed by atoms with Gasteiger partial charge in [0.15, 0.2) is 0 Å². The maximum absolute atomic E-state index is 11.6. The van der Waals surface area contributed by atoms with E-state index in [0.29, 0.717) is 0 Å². The summed E-state index contributed by atoms with van der Waals surface area (Å²) in [5.74, 6) is 0.528. The number of nitrogens with two attached hydrogens (primary N) is 1. The van der Waals surface area contributed by atoms with Crippen LogP contribution < -0.4 is 11.1 Å². The van der Waals surface area contributed by atoms with Crippen molar-refractivity contribution in [2.45, 2.75) is 77.2 Å². The Hall–Kier alpha value is -0.610. The highest BCUT2D eigenvalue weighted by Gasteiger charge is 2.29. The summed E-state index contributed by atoms with van der Waals surface area (Å²) in [4.78, 5) is 11.6. The van der Waals surface area contributed by atoms with Crippen molar-refractivity contribution in [2.75, 3.05) is 19.8 Å². The van der Waals surface area contributed by atoms with Gasteiger partial charge in [-0.15, -0.1) is 0 Å². The first kappa shape index (κ1) is 18.4. The van der Waals surface area contributed by atoms with Gasteiger partial charge in [-0.05, 0) is 57.9 Å². The summed E-state index contributed by atoms with van der Waals surface area (Å²) >= 11 is 0. The molecule has 1 unspecified atom stereocenters. The highest BCUT2D eigenvalue weighted by molar-refractivity contribution is 5.84. The number of carbonyl (C=O) groups is 1. The van der Waals surface area contributed by atoms with Gasteiger partial charge in [0.05, 0.1) is 5.54 Å². The van der Waals surface area contributed by atoms with Crippen LogP contribution in [0, 0.1) is 5.92 Å². The average Bonchev–Trinajstić information content (AvgIpc) is 2.49. The normalized spacial score (nSPS) is 19.3. The maximum Gasteiger partial charge on any atom is 0.237 e. The van der Waals surface area contributed by atoms with Crippen molar-refractivity contribution in [1.82, 2.24) is 5.32 Å². The van der Waals surface area contributed by atoms with Gasteiger partial charge < -0.3 is 15.8 Å². The fraction of sp³-hybridized carbons (Fsp3) is 0.941. The molecule has 1 aliphatic carbocycles. The lowest BCUT2D eigenvalue weighted by atomic mass is 9.90. The Kier molecular flexibility index (Phi) is 8.93. The summed E-state index contributed by atoms with van der Waals surface area (Å²) < 4.78 is 5.79. The van der Waals surface area contributed by atoms with Crippen molar-refractivity contribution in [1.29, 1.82) is 0 Å². The van der Waals surface area contributed by atoms with E-state index in [2.05, 4.69) is 12.2 Å². The number of hydrogen-bond donors (Lipinski definition) is 2. The highest BCUT2D eigenvalue weighted by atomic mass is 16.5. The van der Waals surface area contributed by atoms with Gasteiger partial charge in [0.1, 0.15) is 0 Å². The molecule has 0 spiro atoms. The number of primary amides is 1. The minimum absolute atomic E-state index is 0.251. The van der Waals surface area contributed by atoms with E-state index in [1.54, 1.807) is 0 Å². The molecule has 0 aliphatic heterocycles. The molecule has 1 saturated carbocycles. The topological polar surface area (TPSA) is 64.3 Å². The van der Waals surface area contributed by atoms with Crippen LogP contribution in [0.5, 0.6) is 0 Å². The fourth-order valence-electron chi connectivity index (χ4n) is 2.99. The van der Waals surface area contributed by atoms with Crippen LogP contribution in [0.2, 0.25) is 0 Å². The minimum atomic E-state index is -0.570. The Labute approximate surface area is 130 Å². The average molecular weight is 298 g/mol. The number of carbonyl (C=O) groups excluding carboxylic acids is 1. The number of rotatable bonds is 11. The van der Waals surface area contributed by atoms with E-state index in [9.17, 15) is 4.79 Å². The first-order chi connectivity index (χ1) is 10.1. The summed E-state index contributed by atoms with van der Waals surface area (Å²) in [6.45, 7) is 6.55. The Bertz CT molecular complexity index is 291. The third kappa shape index (κ3) is 7.28. The van der Waals surface area contributed by atoms with Gasteiger partial charge in [-0.25, -0.2) is 0 Å². The van der Waals surface area contributed by atoms with E-state index < -0.39 is 5.54 Å². The van der Waals surface area contributed by atoms with Gasteiger partial charge >= 0.3 is 0 Å². The number of hydrogen-bond acceptors (Lipinski definition) is 3. The van der Waals surface area contributed by atoms with Crippen LogP contribution in [-0.2, 0) is 9.53 Å². The van der Waals surface area contributed by atoms with Crippen LogP contribution in [-0.4, -0.2) is 31.2 Å². The summed E-state index contributed by atoms with van der Waals surface area (Å²) in [7, 11) is 0. The zero-order chi connectivity index (χ0) is 15.6.